The smallest absolute Gasteiger partial charge is 0.121 e. The Kier molecular flexibility index (Phi) is 4.69. The van der Waals surface area contributed by atoms with Gasteiger partial charge in [-0.3, -0.25) is 0 Å². The highest BCUT2D eigenvalue weighted by Crippen LogP contribution is 2.40. The fourth-order valence-electron chi connectivity index (χ4n) is 3.22. The molecular formula is C16H27NO2. The normalized spacial score (nSPS) is 32.7. The van der Waals surface area contributed by atoms with E-state index in [9.17, 15) is 0 Å². The molecule has 0 aliphatic carbocycles. The molecule has 1 aromatic heterocycles. The van der Waals surface area contributed by atoms with Gasteiger partial charge in [-0.05, 0) is 51.8 Å². The molecule has 0 bridgehead atoms. The zero-order valence-corrected chi connectivity index (χ0v) is 12.8. The Labute approximate surface area is 116 Å². The quantitative estimate of drug-likeness (QED) is 0.881. The summed E-state index contributed by atoms with van der Waals surface area (Å²) >= 11 is 0. The first-order valence-electron chi connectivity index (χ1n) is 7.49. The number of ether oxygens (including phenoxy) is 1. The third kappa shape index (κ3) is 3.03. The first-order chi connectivity index (χ1) is 9.04. The van der Waals surface area contributed by atoms with Crippen molar-refractivity contribution in [1.29, 1.82) is 0 Å². The van der Waals surface area contributed by atoms with Gasteiger partial charge in [-0.15, -0.1) is 0 Å². The molecule has 1 aliphatic heterocycles. The molecule has 0 amide bonds. The van der Waals surface area contributed by atoms with Gasteiger partial charge in [0.2, 0.25) is 0 Å². The molecule has 0 saturated carbocycles. The fraction of sp³-hybridized carbons (Fsp3) is 0.750. The second-order valence-corrected chi connectivity index (χ2v) is 5.86. The Balaban J connectivity index is 2.22. The van der Waals surface area contributed by atoms with E-state index in [-0.39, 0.29) is 12.1 Å². The summed E-state index contributed by atoms with van der Waals surface area (Å²) in [6.45, 7) is 11.8. The highest BCUT2D eigenvalue weighted by molar-refractivity contribution is 5.12. The summed E-state index contributed by atoms with van der Waals surface area (Å²) in [7, 11) is 0. The van der Waals surface area contributed by atoms with E-state index in [2.05, 4.69) is 39.1 Å². The van der Waals surface area contributed by atoms with Gasteiger partial charge in [-0.25, -0.2) is 0 Å². The van der Waals surface area contributed by atoms with Crippen LogP contribution in [0.3, 0.4) is 0 Å². The van der Waals surface area contributed by atoms with Crippen molar-refractivity contribution in [2.75, 3.05) is 6.54 Å². The average molecular weight is 265 g/mol. The first-order valence-corrected chi connectivity index (χ1v) is 7.49. The Morgan fingerprint density at radius 1 is 1.21 bits per heavy atom. The van der Waals surface area contributed by atoms with Gasteiger partial charge in [-0.2, -0.15) is 0 Å². The molecule has 108 valence electrons. The predicted octanol–water partition coefficient (Wildman–Crippen LogP) is 3.69. The lowest BCUT2D eigenvalue weighted by Crippen LogP contribution is -2.35. The lowest BCUT2D eigenvalue weighted by atomic mass is 9.82. The van der Waals surface area contributed by atoms with E-state index in [0.717, 1.165) is 24.5 Å². The van der Waals surface area contributed by atoms with E-state index in [4.69, 9.17) is 9.15 Å². The van der Waals surface area contributed by atoms with E-state index in [1.165, 1.54) is 0 Å². The summed E-state index contributed by atoms with van der Waals surface area (Å²) in [5.41, 5.74) is 0. The van der Waals surface area contributed by atoms with Crippen LogP contribution < -0.4 is 5.32 Å². The SMILES string of the molecule is CCCNC(c1ccc(C)o1)C1C(C)OC(C)C1C. The van der Waals surface area contributed by atoms with Crippen LogP contribution in [0.1, 0.15) is 51.7 Å². The lowest BCUT2D eigenvalue weighted by molar-refractivity contribution is 0.0465. The summed E-state index contributed by atoms with van der Waals surface area (Å²) in [5.74, 6) is 3.03. The van der Waals surface area contributed by atoms with E-state index >= 15 is 0 Å². The van der Waals surface area contributed by atoms with Crippen LogP contribution >= 0.6 is 0 Å². The molecule has 3 nitrogen and oxygen atoms in total. The predicted molar refractivity (Wildman–Crippen MR) is 77.1 cm³/mol. The minimum Gasteiger partial charge on any atom is -0.465 e. The van der Waals surface area contributed by atoms with Crippen molar-refractivity contribution in [3.05, 3.63) is 23.7 Å². The summed E-state index contributed by atoms with van der Waals surface area (Å²) < 4.78 is 11.9. The number of hydrogen-bond donors (Lipinski definition) is 1. The van der Waals surface area contributed by atoms with Gasteiger partial charge in [0, 0.05) is 5.92 Å². The molecule has 19 heavy (non-hydrogen) atoms. The van der Waals surface area contributed by atoms with E-state index < -0.39 is 0 Å². The molecule has 0 radical (unpaired) electrons. The largest absolute Gasteiger partial charge is 0.465 e. The fourth-order valence-corrected chi connectivity index (χ4v) is 3.22. The molecule has 1 fully saturated rings. The van der Waals surface area contributed by atoms with Gasteiger partial charge in [0.25, 0.3) is 0 Å². The average Bonchev–Trinajstić information content (AvgIpc) is 2.88. The topological polar surface area (TPSA) is 34.4 Å². The first kappa shape index (κ1) is 14.6. The van der Waals surface area contributed by atoms with Crippen molar-refractivity contribution < 1.29 is 9.15 Å². The van der Waals surface area contributed by atoms with Gasteiger partial charge in [0.15, 0.2) is 0 Å². The Morgan fingerprint density at radius 3 is 2.42 bits per heavy atom. The molecule has 0 aromatic carbocycles. The number of rotatable bonds is 5. The molecule has 5 atom stereocenters. The van der Waals surface area contributed by atoms with Crippen LogP contribution in [0.5, 0.6) is 0 Å². The van der Waals surface area contributed by atoms with Crippen molar-refractivity contribution in [3.63, 3.8) is 0 Å². The monoisotopic (exact) mass is 265 g/mol. The van der Waals surface area contributed by atoms with E-state index in [0.29, 0.717) is 17.9 Å². The van der Waals surface area contributed by atoms with Crippen LogP contribution in [0, 0.1) is 18.8 Å². The second-order valence-electron chi connectivity index (χ2n) is 5.86. The van der Waals surface area contributed by atoms with Gasteiger partial charge in [0.1, 0.15) is 11.5 Å². The number of hydrogen-bond acceptors (Lipinski definition) is 3. The molecule has 2 heterocycles. The maximum absolute atomic E-state index is 5.99. The van der Waals surface area contributed by atoms with Gasteiger partial charge < -0.3 is 14.5 Å². The minimum absolute atomic E-state index is 0.253. The molecule has 5 unspecified atom stereocenters. The van der Waals surface area contributed by atoms with Crippen LogP contribution in [0.4, 0.5) is 0 Å². The van der Waals surface area contributed by atoms with Gasteiger partial charge in [-0.1, -0.05) is 13.8 Å². The summed E-state index contributed by atoms with van der Waals surface area (Å²) in [5, 5.41) is 3.65. The second kappa shape index (κ2) is 6.10. The van der Waals surface area contributed by atoms with Gasteiger partial charge >= 0.3 is 0 Å². The molecular weight excluding hydrogens is 238 g/mol. The highest BCUT2D eigenvalue weighted by atomic mass is 16.5. The lowest BCUT2D eigenvalue weighted by Gasteiger charge is -2.28. The van der Waals surface area contributed by atoms with Crippen LogP contribution in [-0.2, 0) is 4.74 Å². The molecule has 1 aliphatic rings. The Bertz CT molecular complexity index is 401. The molecule has 0 spiro atoms. The van der Waals surface area contributed by atoms with Crippen LogP contribution in [0.15, 0.2) is 16.5 Å². The zero-order chi connectivity index (χ0) is 14.0. The van der Waals surface area contributed by atoms with Crippen LogP contribution in [-0.4, -0.2) is 18.8 Å². The molecule has 1 aromatic rings. The molecule has 2 rings (SSSR count). The van der Waals surface area contributed by atoms with Crippen molar-refractivity contribution in [2.45, 2.75) is 59.3 Å². The zero-order valence-electron chi connectivity index (χ0n) is 12.8. The van der Waals surface area contributed by atoms with E-state index in [1.807, 2.05) is 13.0 Å². The van der Waals surface area contributed by atoms with Crippen molar-refractivity contribution in [2.24, 2.45) is 11.8 Å². The molecule has 3 heteroatoms. The number of nitrogens with one attached hydrogen (secondary N) is 1. The summed E-state index contributed by atoms with van der Waals surface area (Å²) in [4.78, 5) is 0. The summed E-state index contributed by atoms with van der Waals surface area (Å²) in [6, 6.07) is 4.40. The Morgan fingerprint density at radius 2 is 1.95 bits per heavy atom. The minimum atomic E-state index is 0.253. The molecule has 1 saturated heterocycles. The maximum Gasteiger partial charge on any atom is 0.121 e. The van der Waals surface area contributed by atoms with Crippen LogP contribution in [0.2, 0.25) is 0 Å². The highest BCUT2D eigenvalue weighted by Gasteiger charge is 2.43. The number of furan rings is 1. The summed E-state index contributed by atoms with van der Waals surface area (Å²) in [6.07, 6.45) is 1.72. The van der Waals surface area contributed by atoms with Crippen molar-refractivity contribution in [3.8, 4) is 0 Å². The number of aryl methyl sites for hydroxylation is 1. The molecule has 1 N–H and O–H groups in total. The maximum atomic E-state index is 5.99. The van der Waals surface area contributed by atoms with Gasteiger partial charge in [0.05, 0.1) is 18.2 Å². The Hall–Kier alpha value is -0.800. The van der Waals surface area contributed by atoms with Crippen molar-refractivity contribution in [1.82, 2.24) is 5.32 Å². The van der Waals surface area contributed by atoms with Crippen molar-refractivity contribution >= 4 is 0 Å². The standard InChI is InChI=1S/C16H27NO2/c1-6-9-17-16(14-8-7-10(2)18-14)15-11(3)12(4)19-13(15)5/h7-8,11-13,15-17H,6,9H2,1-5H3. The van der Waals surface area contributed by atoms with Crippen LogP contribution in [0.25, 0.3) is 0 Å². The third-order valence-corrected chi connectivity index (χ3v) is 4.39. The van der Waals surface area contributed by atoms with E-state index in [1.54, 1.807) is 0 Å². The third-order valence-electron chi connectivity index (χ3n) is 4.39.